The molecule has 2 aromatic rings. The van der Waals surface area contributed by atoms with E-state index in [2.05, 4.69) is 54.7 Å². The van der Waals surface area contributed by atoms with E-state index in [-0.39, 0.29) is 0 Å². The number of hydrogen-bond donors (Lipinski definition) is 1. The topological polar surface area (TPSA) is 21.3 Å². The molecule has 0 aliphatic rings. The monoisotopic (exact) mass is 269 g/mol. The number of nitrogens with one attached hydrogen (secondary N) is 1. The van der Waals surface area contributed by atoms with Crippen LogP contribution in [0.5, 0.6) is 5.75 Å². The highest BCUT2D eigenvalue weighted by Crippen LogP contribution is 2.11. The number of aryl methyl sites for hydroxylation is 1. The van der Waals surface area contributed by atoms with E-state index in [9.17, 15) is 0 Å². The molecular weight excluding hydrogens is 246 g/mol. The predicted octanol–water partition coefficient (Wildman–Crippen LogP) is 3.81. The molecule has 0 unspecified atom stereocenters. The Balaban J connectivity index is 1.73. The number of benzene rings is 2. The fraction of sp³-hybridized carbons (Fsp3) is 0.333. The molecule has 0 spiro atoms. The molecule has 2 nitrogen and oxygen atoms in total. The molecule has 20 heavy (non-hydrogen) atoms. The number of rotatable bonds is 7. The maximum atomic E-state index is 5.16. The Hall–Kier alpha value is -1.80. The zero-order chi connectivity index (χ0) is 14.2. The highest BCUT2D eigenvalue weighted by Gasteiger charge is 2.02. The Morgan fingerprint density at radius 3 is 2.30 bits per heavy atom. The lowest BCUT2D eigenvalue weighted by molar-refractivity contribution is 0.414. The molecule has 0 heterocycles. The quantitative estimate of drug-likeness (QED) is 0.825. The van der Waals surface area contributed by atoms with Crippen molar-refractivity contribution in [3.05, 3.63) is 65.7 Å². The van der Waals surface area contributed by atoms with E-state index in [0.29, 0.717) is 6.04 Å². The first kappa shape index (κ1) is 14.6. The minimum absolute atomic E-state index is 0.511. The van der Waals surface area contributed by atoms with Gasteiger partial charge in [-0.2, -0.15) is 0 Å². The third-order valence-corrected chi connectivity index (χ3v) is 3.52. The van der Waals surface area contributed by atoms with Gasteiger partial charge in [0.05, 0.1) is 7.11 Å². The van der Waals surface area contributed by atoms with Gasteiger partial charge in [-0.15, -0.1) is 0 Å². The first-order chi connectivity index (χ1) is 9.78. The number of hydrogen-bond acceptors (Lipinski definition) is 2. The van der Waals surface area contributed by atoms with Crippen LogP contribution in [0.3, 0.4) is 0 Å². The molecule has 0 amide bonds. The van der Waals surface area contributed by atoms with E-state index in [1.807, 2.05) is 12.1 Å². The SMILES string of the molecule is COc1ccc(CN[C@@H](C)CCc2ccccc2)cc1. The molecule has 0 aromatic heterocycles. The summed E-state index contributed by atoms with van der Waals surface area (Å²) >= 11 is 0. The first-order valence-electron chi connectivity index (χ1n) is 7.18. The van der Waals surface area contributed by atoms with Crippen molar-refractivity contribution in [1.82, 2.24) is 5.32 Å². The molecule has 0 fully saturated rings. The van der Waals surface area contributed by atoms with Crippen molar-refractivity contribution in [3.8, 4) is 5.75 Å². The van der Waals surface area contributed by atoms with Crippen LogP contribution in [0.15, 0.2) is 54.6 Å². The van der Waals surface area contributed by atoms with E-state index in [1.165, 1.54) is 11.1 Å². The number of ether oxygens (including phenoxy) is 1. The maximum absolute atomic E-state index is 5.16. The highest BCUT2D eigenvalue weighted by atomic mass is 16.5. The summed E-state index contributed by atoms with van der Waals surface area (Å²) in [6.45, 7) is 3.15. The average molecular weight is 269 g/mol. The Morgan fingerprint density at radius 2 is 1.65 bits per heavy atom. The molecule has 1 N–H and O–H groups in total. The second kappa shape index (κ2) is 7.71. The van der Waals surface area contributed by atoms with Crippen LogP contribution in [-0.4, -0.2) is 13.2 Å². The van der Waals surface area contributed by atoms with Gasteiger partial charge in [0.1, 0.15) is 5.75 Å². The van der Waals surface area contributed by atoms with E-state index < -0.39 is 0 Å². The van der Waals surface area contributed by atoms with Crippen LogP contribution < -0.4 is 10.1 Å². The fourth-order valence-corrected chi connectivity index (χ4v) is 2.17. The second-order valence-electron chi connectivity index (χ2n) is 5.15. The van der Waals surface area contributed by atoms with Crippen LogP contribution in [0, 0.1) is 0 Å². The first-order valence-corrected chi connectivity index (χ1v) is 7.18. The van der Waals surface area contributed by atoms with Gasteiger partial charge in [-0.3, -0.25) is 0 Å². The summed E-state index contributed by atoms with van der Waals surface area (Å²) in [5.41, 5.74) is 2.70. The van der Waals surface area contributed by atoms with Crippen molar-refractivity contribution < 1.29 is 4.74 Å². The molecular formula is C18H23NO. The van der Waals surface area contributed by atoms with Crippen molar-refractivity contribution >= 4 is 0 Å². The molecule has 2 rings (SSSR count). The van der Waals surface area contributed by atoms with Crippen molar-refractivity contribution in [2.75, 3.05) is 7.11 Å². The molecule has 0 bridgehead atoms. The van der Waals surface area contributed by atoms with E-state index in [4.69, 9.17) is 4.74 Å². The maximum Gasteiger partial charge on any atom is 0.118 e. The van der Waals surface area contributed by atoms with Crippen LogP contribution in [0.4, 0.5) is 0 Å². The molecule has 0 aliphatic heterocycles. The lowest BCUT2D eigenvalue weighted by Crippen LogP contribution is -2.25. The average Bonchev–Trinajstić information content (AvgIpc) is 2.52. The van der Waals surface area contributed by atoms with E-state index in [0.717, 1.165) is 25.1 Å². The standard InChI is InChI=1S/C18H23NO/c1-15(8-9-16-6-4-3-5-7-16)19-14-17-10-12-18(20-2)13-11-17/h3-7,10-13,15,19H,8-9,14H2,1-2H3/t15-/m0/s1. The van der Waals surface area contributed by atoms with Crippen LogP contribution in [0.2, 0.25) is 0 Å². The molecule has 0 saturated heterocycles. The summed E-state index contributed by atoms with van der Waals surface area (Å²) in [4.78, 5) is 0. The summed E-state index contributed by atoms with van der Waals surface area (Å²) in [6, 6.07) is 19.4. The lowest BCUT2D eigenvalue weighted by Gasteiger charge is -2.14. The Bertz CT molecular complexity index is 493. The number of methoxy groups -OCH3 is 1. The molecule has 106 valence electrons. The van der Waals surface area contributed by atoms with Gasteiger partial charge >= 0.3 is 0 Å². The van der Waals surface area contributed by atoms with E-state index in [1.54, 1.807) is 7.11 Å². The fourth-order valence-electron chi connectivity index (χ4n) is 2.17. The van der Waals surface area contributed by atoms with Crippen molar-refractivity contribution in [3.63, 3.8) is 0 Å². The molecule has 0 aliphatic carbocycles. The largest absolute Gasteiger partial charge is 0.497 e. The summed E-state index contributed by atoms with van der Waals surface area (Å²) < 4.78 is 5.16. The minimum Gasteiger partial charge on any atom is -0.497 e. The third kappa shape index (κ3) is 4.71. The summed E-state index contributed by atoms with van der Waals surface area (Å²) in [7, 11) is 1.69. The highest BCUT2D eigenvalue weighted by molar-refractivity contribution is 5.27. The van der Waals surface area contributed by atoms with Crippen LogP contribution >= 0.6 is 0 Å². The Labute approximate surface area is 121 Å². The zero-order valence-corrected chi connectivity index (χ0v) is 12.3. The summed E-state index contributed by atoms with van der Waals surface area (Å²) in [5, 5.41) is 3.57. The molecule has 2 aromatic carbocycles. The zero-order valence-electron chi connectivity index (χ0n) is 12.3. The lowest BCUT2D eigenvalue weighted by atomic mass is 10.1. The van der Waals surface area contributed by atoms with E-state index >= 15 is 0 Å². The molecule has 1 atom stereocenters. The van der Waals surface area contributed by atoms with Crippen molar-refractivity contribution in [1.29, 1.82) is 0 Å². The van der Waals surface area contributed by atoms with Crippen LogP contribution in [0.25, 0.3) is 0 Å². The van der Waals surface area contributed by atoms with Crippen LogP contribution in [-0.2, 0) is 13.0 Å². The normalized spacial score (nSPS) is 12.1. The Kier molecular flexibility index (Phi) is 5.63. The smallest absolute Gasteiger partial charge is 0.118 e. The van der Waals surface area contributed by atoms with Gasteiger partial charge < -0.3 is 10.1 Å². The second-order valence-corrected chi connectivity index (χ2v) is 5.15. The van der Waals surface area contributed by atoms with Crippen molar-refractivity contribution in [2.24, 2.45) is 0 Å². The third-order valence-electron chi connectivity index (χ3n) is 3.52. The summed E-state index contributed by atoms with van der Waals surface area (Å²) in [5.74, 6) is 0.908. The van der Waals surface area contributed by atoms with Gasteiger partial charge in [0.2, 0.25) is 0 Å². The molecule has 0 radical (unpaired) electrons. The molecule has 2 heteroatoms. The van der Waals surface area contributed by atoms with Gasteiger partial charge in [-0.05, 0) is 43.0 Å². The predicted molar refractivity (Wildman–Crippen MR) is 84.1 cm³/mol. The minimum atomic E-state index is 0.511. The molecule has 0 saturated carbocycles. The summed E-state index contributed by atoms with van der Waals surface area (Å²) in [6.07, 6.45) is 2.28. The van der Waals surface area contributed by atoms with Crippen LogP contribution in [0.1, 0.15) is 24.5 Å². The van der Waals surface area contributed by atoms with Gasteiger partial charge in [0.25, 0.3) is 0 Å². The van der Waals surface area contributed by atoms with Crippen molar-refractivity contribution in [2.45, 2.75) is 32.4 Å². The van der Waals surface area contributed by atoms with Gasteiger partial charge in [-0.1, -0.05) is 42.5 Å². The van der Waals surface area contributed by atoms with Gasteiger partial charge in [-0.25, -0.2) is 0 Å². The van der Waals surface area contributed by atoms with Gasteiger partial charge in [0.15, 0.2) is 0 Å². The Morgan fingerprint density at radius 1 is 0.950 bits per heavy atom. The van der Waals surface area contributed by atoms with Gasteiger partial charge in [0, 0.05) is 12.6 Å².